The van der Waals surface area contributed by atoms with Crippen molar-refractivity contribution in [1.29, 1.82) is 5.26 Å². The molecule has 0 unspecified atom stereocenters. The second kappa shape index (κ2) is 9.02. The van der Waals surface area contributed by atoms with Crippen molar-refractivity contribution in [3.05, 3.63) is 47.3 Å². The van der Waals surface area contributed by atoms with Crippen LogP contribution in [0.15, 0.2) is 36.0 Å². The number of fused-ring (bicyclic) bond motifs is 1. The van der Waals surface area contributed by atoms with E-state index in [1.54, 1.807) is 11.5 Å². The summed E-state index contributed by atoms with van der Waals surface area (Å²) in [6, 6.07) is 6.31. The van der Waals surface area contributed by atoms with E-state index in [-0.39, 0.29) is 17.4 Å². The second-order valence-corrected chi connectivity index (χ2v) is 8.55. The van der Waals surface area contributed by atoms with E-state index in [2.05, 4.69) is 21.4 Å². The van der Waals surface area contributed by atoms with Gasteiger partial charge >= 0.3 is 6.61 Å². The van der Waals surface area contributed by atoms with E-state index in [0.717, 1.165) is 6.26 Å². The summed E-state index contributed by atoms with van der Waals surface area (Å²) in [6.07, 6.45) is 9.74. The van der Waals surface area contributed by atoms with Crippen LogP contribution in [0.3, 0.4) is 0 Å². The Morgan fingerprint density at radius 1 is 1.33 bits per heavy atom. The number of allylic oxidation sites excluding steroid dienone is 4. The van der Waals surface area contributed by atoms with Gasteiger partial charge in [-0.05, 0) is 45.1 Å². The van der Waals surface area contributed by atoms with Crippen LogP contribution in [0.2, 0.25) is 0 Å². The van der Waals surface area contributed by atoms with Crippen LogP contribution in [0.5, 0.6) is 5.75 Å². The minimum Gasteiger partial charge on any atom is -0.435 e. The van der Waals surface area contributed by atoms with Crippen LogP contribution in [-0.2, 0) is 10.0 Å². The lowest BCUT2D eigenvalue weighted by Gasteiger charge is -2.15. The number of aromatic nitrogens is 1. The third-order valence-corrected chi connectivity index (χ3v) is 4.78. The molecule has 1 N–H and O–H groups in total. The first kappa shape index (κ1) is 23.0. The first-order valence-electron chi connectivity index (χ1n) is 8.84. The molecule has 0 saturated heterocycles. The molecule has 9 heteroatoms. The maximum absolute atomic E-state index is 12.6. The van der Waals surface area contributed by atoms with Gasteiger partial charge in [-0.1, -0.05) is 5.92 Å². The monoisotopic (exact) mass is 433 g/mol. The van der Waals surface area contributed by atoms with Gasteiger partial charge in [-0.3, -0.25) is 4.72 Å². The Bertz CT molecular complexity index is 1210. The van der Waals surface area contributed by atoms with Crippen LogP contribution in [0.4, 0.5) is 8.78 Å². The molecule has 0 spiro atoms. The highest BCUT2D eigenvalue weighted by Gasteiger charge is 2.22. The molecule has 0 fully saturated rings. The van der Waals surface area contributed by atoms with Crippen LogP contribution in [0.1, 0.15) is 38.1 Å². The molecule has 1 aromatic heterocycles. The first-order chi connectivity index (χ1) is 14.0. The van der Waals surface area contributed by atoms with E-state index in [1.165, 1.54) is 30.4 Å². The number of sulfonamides is 1. The Balaban J connectivity index is 2.76. The maximum atomic E-state index is 12.6. The fourth-order valence-corrected chi connectivity index (χ4v) is 3.76. The number of benzene rings is 1. The third-order valence-electron chi connectivity index (χ3n) is 4.09. The molecule has 6 nitrogen and oxygen atoms in total. The highest BCUT2D eigenvalue weighted by atomic mass is 32.2. The summed E-state index contributed by atoms with van der Waals surface area (Å²) in [5.74, 6) is 2.50. The Kier molecular flexibility index (Phi) is 6.91. The number of nitrogens with one attached hydrogen (secondary N) is 1. The van der Waals surface area contributed by atoms with E-state index in [0.29, 0.717) is 27.9 Å². The van der Waals surface area contributed by atoms with Crippen molar-refractivity contribution in [1.82, 2.24) is 9.29 Å². The number of hydrogen-bond donors (Lipinski definition) is 1. The smallest absolute Gasteiger partial charge is 0.387 e. The highest BCUT2D eigenvalue weighted by Crippen LogP contribution is 2.35. The highest BCUT2D eigenvalue weighted by molar-refractivity contribution is 7.88. The SMILES string of the molecule is C#C/C(=C\C=C(/C)NS(C)(=O)=O)c1c(C#N)c2ccc(OC(F)F)cc2n1C(C)C. The summed E-state index contributed by atoms with van der Waals surface area (Å²) in [5.41, 5.74) is 1.91. The number of nitriles is 1. The molecule has 0 aliphatic carbocycles. The van der Waals surface area contributed by atoms with Crippen molar-refractivity contribution >= 4 is 26.5 Å². The Hall–Kier alpha value is -3.30. The minimum absolute atomic E-state index is 0.0349. The Labute approximate surface area is 174 Å². The molecule has 0 amide bonds. The zero-order valence-electron chi connectivity index (χ0n) is 16.9. The summed E-state index contributed by atoms with van der Waals surface area (Å²) in [6.45, 7) is 2.32. The van der Waals surface area contributed by atoms with Gasteiger partial charge in [-0.25, -0.2) is 8.42 Å². The lowest BCUT2D eigenvalue weighted by atomic mass is 10.1. The van der Waals surface area contributed by atoms with Crippen molar-refractivity contribution in [2.24, 2.45) is 0 Å². The lowest BCUT2D eigenvalue weighted by molar-refractivity contribution is -0.0497. The predicted octanol–water partition coefficient (Wildman–Crippen LogP) is 4.16. The zero-order chi connectivity index (χ0) is 22.6. The molecule has 0 saturated carbocycles. The maximum Gasteiger partial charge on any atom is 0.387 e. The van der Waals surface area contributed by atoms with Gasteiger partial charge in [-0.2, -0.15) is 14.0 Å². The third kappa shape index (κ3) is 5.19. The average molecular weight is 433 g/mol. The predicted molar refractivity (Wildman–Crippen MR) is 112 cm³/mol. The fourth-order valence-electron chi connectivity index (χ4n) is 3.11. The van der Waals surface area contributed by atoms with Crippen molar-refractivity contribution < 1.29 is 21.9 Å². The van der Waals surface area contributed by atoms with Crippen molar-refractivity contribution in [2.45, 2.75) is 33.4 Å². The summed E-state index contributed by atoms with van der Waals surface area (Å²) < 4.78 is 56.6. The van der Waals surface area contributed by atoms with Crippen LogP contribution in [0, 0.1) is 23.7 Å². The molecular weight excluding hydrogens is 412 g/mol. The number of rotatable bonds is 7. The molecule has 158 valence electrons. The van der Waals surface area contributed by atoms with Gasteiger partial charge in [0.25, 0.3) is 0 Å². The fraction of sp³-hybridized carbons (Fsp3) is 0.286. The van der Waals surface area contributed by atoms with Gasteiger partial charge in [-0.15, -0.1) is 6.42 Å². The van der Waals surface area contributed by atoms with E-state index in [4.69, 9.17) is 6.42 Å². The van der Waals surface area contributed by atoms with Crippen LogP contribution >= 0.6 is 0 Å². The van der Waals surface area contributed by atoms with E-state index < -0.39 is 16.6 Å². The Morgan fingerprint density at radius 2 is 2.00 bits per heavy atom. The Morgan fingerprint density at radius 3 is 2.50 bits per heavy atom. The summed E-state index contributed by atoms with van der Waals surface area (Å²) in [7, 11) is -3.44. The molecule has 0 atom stereocenters. The van der Waals surface area contributed by atoms with E-state index in [1.807, 2.05) is 13.8 Å². The normalized spacial score (nSPS) is 12.9. The van der Waals surface area contributed by atoms with Crippen LogP contribution in [0.25, 0.3) is 16.5 Å². The quantitative estimate of drug-likeness (QED) is 0.525. The molecule has 1 heterocycles. The van der Waals surface area contributed by atoms with Gasteiger partial charge in [0.1, 0.15) is 11.8 Å². The number of nitrogens with zero attached hydrogens (tertiary/aromatic N) is 2. The molecule has 0 aliphatic rings. The molecule has 1 aromatic carbocycles. The average Bonchev–Trinajstić information content (AvgIpc) is 2.93. The summed E-state index contributed by atoms with van der Waals surface area (Å²) in [5, 5.41) is 10.3. The molecular formula is C21H21F2N3O3S. The topological polar surface area (TPSA) is 84.1 Å². The van der Waals surface area contributed by atoms with Crippen LogP contribution < -0.4 is 9.46 Å². The molecule has 0 bridgehead atoms. The van der Waals surface area contributed by atoms with Gasteiger partial charge in [0.15, 0.2) is 0 Å². The first-order valence-corrected chi connectivity index (χ1v) is 10.7. The second-order valence-electron chi connectivity index (χ2n) is 6.81. The van der Waals surface area contributed by atoms with Gasteiger partial charge in [0, 0.05) is 28.8 Å². The van der Waals surface area contributed by atoms with Gasteiger partial charge in [0.2, 0.25) is 10.0 Å². The zero-order valence-corrected chi connectivity index (χ0v) is 17.7. The van der Waals surface area contributed by atoms with Gasteiger partial charge in [0.05, 0.1) is 23.0 Å². The van der Waals surface area contributed by atoms with Crippen LogP contribution in [-0.4, -0.2) is 25.9 Å². The van der Waals surface area contributed by atoms with Gasteiger partial charge < -0.3 is 9.30 Å². The molecule has 0 radical (unpaired) electrons. The number of halogens is 2. The molecule has 0 aliphatic heterocycles. The summed E-state index contributed by atoms with van der Waals surface area (Å²) in [4.78, 5) is 0. The largest absolute Gasteiger partial charge is 0.435 e. The molecule has 2 aromatic rings. The molecule has 2 rings (SSSR count). The van der Waals surface area contributed by atoms with E-state index in [9.17, 15) is 22.5 Å². The van der Waals surface area contributed by atoms with Crippen molar-refractivity contribution in [2.75, 3.05) is 6.26 Å². The number of ether oxygens (including phenoxy) is 1. The minimum atomic E-state index is -3.44. The van der Waals surface area contributed by atoms with Crippen molar-refractivity contribution in [3.8, 4) is 24.2 Å². The lowest BCUT2D eigenvalue weighted by Crippen LogP contribution is -2.19. The molecule has 30 heavy (non-hydrogen) atoms. The number of hydrogen-bond acceptors (Lipinski definition) is 4. The number of terminal acetylenes is 1. The van der Waals surface area contributed by atoms with E-state index >= 15 is 0 Å². The van der Waals surface area contributed by atoms with Crippen molar-refractivity contribution in [3.63, 3.8) is 0 Å². The number of alkyl halides is 2. The standard InChI is InChI=1S/C21H21F2N3O3S/c1-6-15(8-7-14(4)25-30(5,27)28)20-18(12-24)17-10-9-16(29-21(22)23)11-19(17)26(20)13(2)3/h1,7-11,13,21,25H,2-5H3/b14-7+,15-8+. The summed E-state index contributed by atoms with van der Waals surface area (Å²) >= 11 is 0.